The van der Waals surface area contributed by atoms with E-state index in [0.29, 0.717) is 17.8 Å². The highest BCUT2D eigenvalue weighted by atomic mass is 16.5. The van der Waals surface area contributed by atoms with E-state index in [-0.39, 0.29) is 11.8 Å². The molecule has 136 valence electrons. The van der Waals surface area contributed by atoms with Crippen LogP contribution in [0.15, 0.2) is 78.9 Å². The second kappa shape index (κ2) is 8.67. The zero-order chi connectivity index (χ0) is 19.1. The molecule has 0 aliphatic heterocycles. The maximum absolute atomic E-state index is 12.2. The first-order chi connectivity index (χ1) is 13.1. The van der Waals surface area contributed by atoms with Crippen molar-refractivity contribution in [1.82, 2.24) is 5.32 Å². The zero-order valence-electron chi connectivity index (χ0n) is 14.9. The summed E-state index contributed by atoms with van der Waals surface area (Å²) in [6.07, 6.45) is 0. The molecule has 0 aromatic heterocycles. The van der Waals surface area contributed by atoms with E-state index in [4.69, 9.17) is 4.74 Å². The Labute approximate surface area is 158 Å². The number of rotatable bonds is 6. The summed E-state index contributed by atoms with van der Waals surface area (Å²) >= 11 is 0. The summed E-state index contributed by atoms with van der Waals surface area (Å²) in [6.45, 7) is 1.86. The van der Waals surface area contributed by atoms with Crippen LogP contribution in [0.1, 0.15) is 22.8 Å². The lowest BCUT2D eigenvalue weighted by Crippen LogP contribution is -2.22. The number of hydrogen-bond donors (Lipinski definition) is 2. The summed E-state index contributed by atoms with van der Waals surface area (Å²) in [5.74, 6) is 1.20. The molecule has 0 saturated carbocycles. The lowest BCUT2D eigenvalue weighted by atomic mass is 10.1. The fourth-order valence-corrected chi connectivity index (χ4v) is 2.49. The Morgan fingerprint density at radius 3 is 2.07 bits per heavy atom. The van der Waals surface area contributed by atoms with Gasteiger partial charge in [0.1, 0.15) is 11.5 Å². The van der Waals surface area contributed by atoms with Crippen molar-refractivity contribution in [3.8, 4) is 11.5 Å². The Kier molecular flexibility index (Phi) is 5.84. The summed E-state index contributed by atoms with van der Waals surface area (Å²) in [6, 6.07) is 23.9. The molecule has 3 rings (SSSR count). The smallest absolute Gasteiger partial charge is 0.251 e. The van der Waals surface area contributed by atoms with Crippen molar-refractivity contribution in [1.29, 1.82) is 0 Å². The quantitative estimate of drug-likeness (QED) is 0.686. The highest BCUT2D eigenvalue weighted by Crippen LogP contribution is 2.21. The lowest BCUT2D eigenvalue weighted by Gasteiger charge is -2.08. The molecule has 3 aromatic carbocycles. The molecule has 5 heteroatoms. The van der Waals surface area contributed by atoms with Crippen molar-refractivity contribution < 1.29 is 14.3 Å². The van der Waals surface area contributed by atoms with Gasteiger partial charge in [0.15, 0.2) is 0 Å². The molecule has 0 fully saturated rings. The topological polar surface area (TPSA) is 67.4 Å². The van der Waals surface area contributed by atoms with Gasteiger partial charge in [-0.15, -0.1) is 0 Å². The predicted molar refractivity (Wildman–Crippen MR) is 105 cm³/mol. The molecule has 0 spiro atoms. The molecule has 5 nitrogen and oxygen atoms in total. The molecule has 0 aliphatic rings. The third-order valence-corrected chi connectivity index (χ3v) is 3.82. The monoisotopic (exact) mass is 360 g/mol. The SMILES string of the molecule is CC(=O)Nc1ccc(C(=O)NCc2ccc(Oc3ccccc3)cc2)cc1. The average Bonchev–Trinajstić information content (AvgIpc) is 2.68. The summed E-state index contributed by atoms with van der Waals surface area (Å²) in [5, 5.41) is 5.55. The Morgan fingerprint density at radius 1 is 0.815 bits per heavy atom. The predicted octanol–water partition coefficient (Wildman–Crippen LogP) is 4.37. The van der Waals surface area contributed by atoms with Crippen LogP contribution >= 0.6 is 0 Å². The Balaban J connectivity index is 1.53. The Bertz CT molecular complexity index is 905. The van der Waals surface area contributed by atoms with Gasteiger partial charge >= 0.3 is 0 Å². The van der Waals surface area contributed by atoms with Crippen molar-refractivity contribution >= 4 is 17.5 Å². The van der Waals surface area contributed by atoms with Gasteiger partial charge in [-0.1, -0.05) is 30.3 Å². The maximum atomic E-state index is 12.2. The van der Waals surface area contributed by atoms with Crippen LogP contribution in [0.3, 0.4) is 0 Å². The number of ether oxygens (including phenoxy) is 1. The third kappa shape index (κ3) is 5.44. The van der Waals surface area contributed by atoms with Crippen LogP contribution in [0.2, 0.25) is 0 Å². The molecule has 0 unspecified atom stereocenters. The van der Waals surface area contributed by atoms with E-state index in [9.17, 15) is 9.59 Å². The van der Waals surface area contributed by atoms with Crippen molar-refractivity contribution in [2.45, 2.75) is 13.5 Å². The summed E-state index contributed by atoms with van der Waals surface area (Å²) in [7, 11) is 0. The van der Waals surface area contributed by atoms with E-state index in [1.807, 2.05) is 54.6 Å². The van der Waals surface area contributed by atoms with Gasteiger partial charge in [0.05, 0.1) is 0 Å². The third-order valence-electron chi connectivity index (χ3n) is 3.82. The molecule has 0 aliphatic carbocycles. The maximum Gasteiger partial charge on any atom is 0.251 e. The number of carbonyl (C=O) groups excluding carboxylic acids is 2. The van der Waals surface area contributed by atoms with Gasteiger partial charge in [0, 0.05) is 24.7 Å². The zero-order valence-corrected chi connectivity index (χ0v) is 14.9. The van der Waals surface area contributed by atoms with Crippen molar-refractivity contribution in [2.24, 2.45) is 0 Å². The number of anilines is 1. The highest BCUT2D eigenvalue weighted by Gasteiger charge is 2.06. The molecule has 2 N–H and O–H groups in total. The number of carbonyl (C=O) groups is 2. The van der Waals surface area contributed by atoms with E-state index in [0.717, 1.165) is 17.1 Å². The van der Waals surface area contributed by atoms with Crippen LogP contribution in [-0.2, 0) is 11.3 Å². The van der Waals surface area contributed by atoms with E-state index >= 15 is 0 Å². The molecule has 0 radical (unpaired) electrons. The number of nitrogens with one attached hydrogen (secondary N) is 2. The van der Waals surface area contributed by atoms with Crippen molar-refractivity contribution in [3.63, 3.8) is 0 Å². The van der Waals surface area contributed by atoms with E-state index < -0.39 is 0 Å². The first kappa shape index (κ1) is 18.2. The first-order valence-corrected chi connectivity index (χ1v) is 8.58. The summed E-state index contributed by atoms with van der Waals surface area (Å²) < 4.78 is 5.75. The molecule has 3 aromatic rings. The molecule has 0 bridgehead atoms. The van der Waals surface area contributed by atoms with Crippen LogP contribution < -0.4 is 15.4 Å². The van der Waals surface area contributed by atoms with Crippen molar-refractivity contribution in [2.75, 3.05) is 5.32 Å². The molecular formula is C22H20N2O3. The van der Waals surface area contributed by atoms with Gasteiger partial charge in [-0.2, -0.15) is 0 Å². The Morgan fingerprint density at radius 2 is 1.44 bits per heavy atom. The number of para-hydroxylation sites is 1. The minimum atomic E-state index is -0.172. The van der Waals surface area contributed by atoms with Gasteiger partial charge in [-0.3, -0.25) is 9.59 Å². The molecular weight excluding hydrogens is 340 g/mol. The van der Waals surface area contributed by atoms with Gasteiger partial charge in [0.25, 0.3) is 5.91 Å². The van der Waals surface area contributed by atoms with Crippen LogP contribution in [0.4, 0.5) is 5.69 Å². The van der Waals surface area contributed by atoms with Gasteiger partial charge in [-0.05, 0) is 54.1 Å². The van der Waals surface area contributed by atoms with E-state index in [1.165, 1.54) is 6.92 Å². The minimum absolute atomic E-state index is 0.146. The number of amides is 2. The fraction of sp³-hybridized carbons (Fsp3) is 0.0909. The molecule has 27 heavy (non-hydrogen) atoms. The standard InChI is InChI=1S/C22H20N2O3/c1-16(25)24-19-11-9-18(10-12-19)22(26)23-15-17-7-13-21(14-8-17)27-20-5-3-2-4-6-20/h2-14H,15H2,1H3,(H,23,26)(H,24,25). The van der Waals surface area contributed by atoms with Gasteiger partial charge in [0.2, 0.25) is 5.91 Å². The second-order valence-corrected chi connectivity index (χ2v) is 6.00. The van der Waals surface area contributed by atoms with Crippen LogP contribution in [0.25, 0.3) is 0 Å². The molecule has 0 atom stereocenters. The van der Waals surface area contributed by atoms with E-state index in [1.54, 1.807) is 24.3 Å². The van der Waals surface area contributed by atoms with Gasteiger partial charge in [-0.25, -0.2) is 0 Å². The van der Waals surface area contributed by atoms with Crippen LogP contribution in [-0.4, -0.2) is 11.8 Å². The normalized spacial score (nSPS) is 10.1. The Hall–Kier alpha value is -3.60. The van der Waals surface area contributed by atoms with Crippen LogP contribution in [0, 0.1) is 0 Å². The molecule has 2 amide bonds. The lowest BCUT2D eigenvalue weighted by molar-refractivity contribution is -0.114. The highest BCUT2D eigenvalue weighted by molar-refractivity contribution is 5.95. The molecule has 0 saturated heterocycles. The first-order valence-electron chi connectivity index (χ1n) is 8.58. The average molecular weight is 360 g/mol. The van der Waals surface area contributed by atoms with E-state index in [2.05, 4.69) is 10.6 Å². The summed E-state index contributed by atoms with van der Waals surface area (Å²) in [5.41, 5.74) is 2.17. The fourth-order valence-electron chi connectivity index (χ4n) is 2.49. The van der Waals surface area contributed by atoms with Crippen LogP contribution in [0.5, 0.6) is 11.5 Å². The minimum Gasteiger partial charge on any atom is -0.457 e. The van der Waals surface area contributed by atoms with Gasteiger partial charge < -0.3 is 15.4 Å². The second-order valence-electron chi connectivity index (χ2n) is 6.00. The largest absolute Gasteiger partial charge is 0.457 e. The number of hydrogen-bond acceptors (Lipinski definition) is 3. The number of benzene rings is 3. The summed E-state index contributed by atoms with van der Waals surface area (Å²) in [4.78, 5) is 23.3. The van der Waals surface area contributed by atoms with Crippen molar-refractivity contribution in [3.05, 3.63) is 90.0 Å². The molecule has 0 heterocycles.